The van der Waals surface area contributed by atoms with E-state index in [2.05, 4.69) is 45.2 Å². The Kier molecular flexibility index (Phi) is 1.90. The van der Waals surface area contributed by atoms with Crippen LogP contribution in [0.15, 0.2) is 0 Å². The highest BCUT2D eigenvalue weighted by Gasteiger charge is 2.76. The molecular weight excluding hydrogens is 396 g/mol. The van der Waals surface area contributed by atoms with Crippen LogP contribution in [0.4, 0.5) is 4.39 Å². The molecule has 3 aliphatic rings. The normalized spacial score (nSPS) is 69.2. The quantitative estimate of drug-likeness (QED) is 0.337. The zero-order chi connectivity index (χ0) is 9.43. The number of fused-ring (bicyclic) bond motifs is 3. The van der Waals surface area contributed by atoms with Gasteiger partial charge in [0.2, 0.25) is 0 Å². The molecule has 6 atom stereocenters. The van der Waals surface area contributed by atoms with Gasteiger partial charge in [-0.2, -0.15) is 0 Å². The van der Waals surface area contributed by atoms with Gasteiger partial charge >= 0.3 is 0 Å². The van der Waals surface area contributed by atoms with E-state index in [0.29, 0.717) is 0 Å². The molecule has 5 heteroatoms. The first kappa shape index (κ1) is 9.63. The summed E-state index contributed by atoms with van der Waals surface area (Å²) in [5, 5.41) is 0. The van der Waals surface area contributed by atoms with Gasteiger partial charge in [-0.1, -0.05) is 45.2 Å². The highest BCUT2D eigenvalue weighted by atomic mass is 127. The van der Waals surface area contributed by atoms with Crippen LogP contribution in [0.1, 0.15) is 12.8 Å². The number of ether oxygens (including phenoxy) is 1. The number of halogens is 3. The summed E-state index contributed by atoms with van der Waals surface area (Å²) >= 11 is 4.80. The third-order valence-corrected chi connectivity index (χ3v) is 7.22. The second-order valence-electron chi connectivity index (χ2n) is 4.58. The maximum absolute atomic E-state index is 13.9. The van der Waals surface area contributed by atoms with Gasteiger partial charge in [0, 0.05) is 0 Å². The molecule has 2 aliphatic carbocycles. The van der Waals surface area contributed by atoms with Crippen molar-refractivity contribution < 1.29 is 9.13 Å². The molecule has 3 fully saturated rings. The van der Waals surface area contributed by atoms with Crippen LogP contribution in [0.2, 0.25) is 0 Å². The molecule has 1 saturated heterocycles. The highest BCUT2D eigenvalue weighted by Crippen LogP contribution is 2.71. The number of rotatable bonds is 0. The molecule has 1 heterocycles. The van der Waals surface area contributed by atoms with Crippen LogP contribution in [0.5, 0.6) is 0 Å². The predicted octanol–water partition coefficient (Wildman–Crippen LogP) is 1.45. The van der Waals surface area contributed by atoms with Crippen LogP contribution in [0, 0.1) is 5.92 Å². The summed E-state index contributed by atoms with van der Waals surface area (Å²) in [5.74, 6) is 0.723. The average Bonchev–Trinajstić information content (AvgIpc) is 2.56. The Hall–Kier alpha value is 1.41. The molecular formula is C8H10BFI2O. The van der Waals surface area contributed by atoms with E-state index in [1.807, 2.05) is 7.85 Å². The van der Waals surface area contributed by atoms with E-state index in [1.165, 1.54) is 6.42 Å². The van der Waals surface area contributed by atoms with Gasteiger partial charge in [0.15, 0.2) is 0 Å². The van der Waals surface area contributed by atoms with E-state index in [4.69, 9.17) is 4.74 Å². The van der Waals surface area contributed by atoms with Crippen LogP contribution in [-0.4, -0.2) is 33.0 Å². The van der Waals surface area contributed by atoms with E-state index < -0.39 is 6.17 Å². The Morgan fingerprint density at radius 2 is 1.92 bits per heavy atom. The Morgan fingerprint density at radius 3 is 2.54 bits per heavy atom. The van der Waals surface area contributed by atoms with Gasteiger partial charge in [-0.3, -0.25) is 0 Å². The maximum atomic E-state index is 13.9. The first-order valence-corrected chi connectivity index (χ1v) is 6.81. The Labute approximate surface area is 105 Å². The van der Waals surface area contributed by atoms with Crippen LogP contribution < -0.4 is 0 Å². The lowest BCUT2D eigenvalue weighted by molar-refractivity contribution is 0.0747. The summed E-state index contributed by atoms with van der Waals surface area (Å²) in [6.07, 6.45) is 1.66. The first-order valence-electron chi connectivity index (χ1n) is 4.66. The van der Waals surface area contributed by atoms with Crippen molar-refractivity contribution in [3.63, 3.8) is 0 Å². The predicted molar refractivity (Wildman–Crippen MR) is 68.3 cm³/mol. The van der Waals surface area contributed by atoms with E-state index in [0.717, 1.165) is 12.3 Å². The van der Waals surface area contributed by atoms with Gasteiger partial charge in [-0.05, 0) is 18.8 Å². The van der Waals surface area contributed by atoms with Crippen molar-refractivity contribution in [1.82, 2.24) is 0 Å². The third kappa shape index (κ3) is 1.02. The van der Waals surface area contributed by atoms with E-state index in [9.17, 15) is 4.39 Å². The van der Waals surface area contributed by atoms with Crippen molar-refractivity contribution in [1.29, 1.82) is 0 Å². The molecule has 3 rings (SSSR count). The summed E-state index contributed by atoms with van der Waals surface area (Å²) in [6.45, 7) is 0. The summed E-state index contributed by atoms with van der Waals surface area (Å²) in [5.41, 5.74) is 0. The lowest BCUT2D eigenvalue weighted by Gasteiger charge is -2.26. The number of alkyl halides is 3. The van der Waals surface area contributed by atoms with Gasteiger partial charge in [-0.15, -0.1) is 0 Å². The first-order chi connectivity index (χ1) is 5.98. The summed E-state index contributed by atoms with van der Waals surface area (Å²) < 4.78 is 19.7. The van der Waals surface area contributed by atoms with Crippen molar-refractivity contribution in [3.05, 3.63) is 0 Å². The van der Waals surface area contributed by atoms with Crippen LogP contribution in [0.25, 0.3) is 0 Å². The summed E-state index contributed by atoms with van der Waals surface area (Å²) in [6, 6.07) is -0.199. The number of hydrogen-bond donors (Lipinski definition) is 0. The zero-order valence-electron chi connectivity index (χ0n) is 7.27. The molecule has 0 bridgehead atoms. The standard InChI is InChI=1S/C8H10BFI2O/c9-5-4(10)8(12)2-3-1-7(3,11)6(8)13-5/h3-6H,1-2,9H2/t3-,4+,5+,6+,7+,8-/m0/s1. The average molecular weight is 406 g/mol. The Bertz CT molecular complexity index is 279. The molecule has 2 saturated carbocycles. The molecule has 13 heavy (non-hydrogen) atoms. The molecule has 1 aliphatic heterocycles. The fraction of sp³-hybridized carbons (Fsp3) is 1.00. The summed E-state index contributed by atoms with van der Waals surface area (Å²) in [7, 11) is 1.86. The second-order valence-corrected chi connectivity index (χ2v) is 8.60. The van der Waals surface area contributed by atoms with Crippen molar-refractivity contribution >= 4 is 53.0 Å². The van der Waals surface area contributed by atoms with Crippen molar-refractivity contribution in [2.75, 3.05) is 0 Å². The van der Waals surface area contributed by atoms with Crippen LogP contribution >= 0.6 is 45.2 Å². The van der Waals surface area contributed by atoms with E-state index >= 15 is 0 Å². The maximum Gasteiger partial charge on any atom is 0.143 e. The van der Waals surface area contributed by atoms with Gasteiger partial charge in [-0.25, -0.2) is 4.39 Å². The van der Waals surface area contributed by atoms with E-state index in [1.54, 1.807) is 0 Å². The third-order valence-electron chi connectivity index (χ3n) is 3.73. The Balaban J connectivity index is 1.99. The van der Waals surface area contributed by atoms with Gasteiger partial charge in [0.05, 0.1) is 19.0 Å². The lowest BCUT2D eigenvalue weighted by Crippen LogP contribution is -2.40. The number of hydrogen-bond acceptors (Lipinski definition) is 1. The lowest BCUT2D eigenvalue weighted by atomic mass is 9.88. The summed E-state index contributed by atoms with van der Waals surface area (Å²) in [4.78, 5) is 0. The monoisotopic (exact) mass is 406 g/mol. The fourth-order valence-corrected chi connectivity index (χ4v) is 6.71. The van der Waals surface area contributed by atoms with Crippen molar-refractivity contribution in [3.8, 4) is 0 Å². The molecule has 0 unspecified atom stereocenters. The van der Waals surface area contributed by atoms with Crippen molar-refractivity contribution in [2.24, 2.45) is 5.92 Å². The van der Waals surface area contributed by atoms with Crippen molar-refractivity contribution in [2.45, 2.75) is 38.0 Å². The minimum Gasteiger partial charge on any atom is -0.378 e. The van der Waals surface area contributed by atoms with E-state index in [-0.39, 0.29) is 19.0 Å². The molecule has 0 radical (unpaired) electrons. The second kappa shape index (κ2) is 2.56. The molecule has 1 nitrogen and oxygen atoms in total. The molecule has 0 aromatic carbocycles. The fourth-order valence-electron chi connectivity index (χ4n) is 2.92. The smallest absolute Gasteiger partial charge is 0.143 e. The molecule has 72 valence electrons. The van der Waals surface area contributed by atoms with Gasteiger partial charge in [0.1, 0.15) is 14.0 Å². The Morgan fingerprint density at radius 1 is 1.31 bits per heavy atom. The molecule has 0 N–H and O–H groups in total. The van der Waals surface area contributed by atoms with Crippen LogP contribution in [0.3, 0.4) is 0 Å². The zero-order valence-corrected chi connectivity index (χ0v) is 11.6. The van der Waals surface area contributed by atoms with Crippen LogP contribution in [-0.2, 0) is 4.74 Å². The highest BCUT2D eigenvalue weighted by molar-refractivity contribution is 14.1. The minimum atomic E-state index is -0.766. The molecule has 0 aromatic rings. The van der Waals surface area contributed by atoms with Gasteiger partial charge in [0.25, 0.3) is 0 Å². The minimum absolute atomic E-state index is 0.163. The molecule has 0 amide bonds. The van der Waals surface area contributed by atoms with Gasteiger partial charge < -0.3 is 4.74 Å². The SMILES string of the molecule is B[C@@H]1O[C@@H]2[C@@]3(I)C[C@H]3C[C@]2(I)[C@@H]1F. The topological polar surface area (TPSA) is 9.23 Å². The molecule has 0 aromatic heterocycles. The largest absolute Gasteiger partial charge is 0.378 e. The molecule has 0 spiro atoms.